The number of ether oxygens (including phenoxy) is 1. The van der Waals surface area contributed by atoms with Gasteiger partial charge in [-0.1, -0.05) is 56.3 Å². The number of hydrogen-bond acceptors (Lipinski definition) is 7. The van der Waals surface area contributed by atoms with Crippen LogP contribution in [0, 0.1) is 23.7 Å². The van der Waals surface area contributed by atoms with Crippen LogP contribution in [-0.4, -0.2) is 72.6 Å². The first-order chi connectivity index (χ1) is 19.6. The van der Waals surface area contributed by atoms with Crippen molar-refractivity contribution < 1.29 is 24.2 Å². The third kappa shape index (κ3) is 4.05. The van der Waals surface area contributed by atoms with Crippen LogP contribution >= 0.6 is 0 Å². The molecule has 11 heteroatoms. The summed E-state index contributed by atoms with van der Waals surface area (Å²) in [6, 6.07) is 14.9. The summed E-state index contributed by atoms with van der Waals surface area (Å²) in [5, 5.41) is 24.7. The summed E-state index contributed by atoms with van der Waals surface area (Å²) in [4.78, 5) is 43.9. The SMILES string of the molecule is CC(C)[C@H](CO)N1C(=O)[C@@H]2[C@H](C(=O)Nc3ccccc3)[C@@]3(C)OC2(CC3C)C1C(=O)NCn1nnc2ccccc21. The molecule has 3 fully saturated rings. The van der Waals surface area contributed by atoms with Crippen molar-refractivity contribution in [1.82, 2.24) is 25.2 Å². The molecule has 2 aromatic carbocycles. The van der Waals surface area contributed by atoms with Crippen LogP contribution in [0.3, 0.4) is 0 Å². The van der Waals surface area contributed by atoms with Gasteiger partial charge in [-0.3, -0.25) is 14.4 Å². The molecule has 7 atom stereocenters. The Hall–Kier alpha value is -3.83. The van der Waals surface area contributed by atoms with Crippen molar-refractivity contribution in [3.05, 3.63) is 54.6 Å². The summed E-state index contributed by atoms with van der Waals surface area (Å²) in [5.41, 5.74) is -0.0859. The van der Waals surface area contributed by atoms with E-state index in [1.165, 1.54) is 4.90 Å². The van der Waals surface area contributed by atoms with E-state index in [4.69, 9.17) is 4.74 Å². The van der Waals surface area contributed by atoms with Gasteiger partial charge in [-0.15, -0.1) is 5.10 Å². The molecule has 3 aliphatic rings. The molecule has 0 saturated carbocycles. The van der Waals surface area contributed by atoms with Crippen molar-refractivity contribution in [2.75, 3.05) is 11.9 Å². The second-order valence-corrected chi connectivity index (χ2v) is 12.1. The average molecular weight is 561 g/mol. The molecule has 3 N–H and O–H groups in total. The van der Waals surface area contributed by atoms with Crippen LogP contribution in [0.25, 0.3) is 11.0 Å². The lowest BCUT2D eigenvalue weighted by Gasteiger charge is -2.38. The number of aliphatic hydroxyl groups is 1. The van der Waals surface area contributed by atoms with Crippen LogP contribution in [-0.2, 0) is 25.8 Å². The number of fused-ring (bicyclic) bond motifs is 2. The van der Waals surface area contributed by atoms with E-state index >= 15 is 0 Å². The first-order valence-corrected chi connectivity index (χ1v) is 14.2. The number of nitrogens with one attached hydrogen (secondary N) is 2. The molecule has 0 aliphatic carbocycles. The van der Waals surface area contributed by atoms with Gasteiger partial charge in [0.15, 0.2) is 0 Å². The van der Waals surface area contributed by atoms with Crippen molar-refractivity contribution in [3.63, 3.8) is 0 Å². The molecular formula is C30H36N6O5. The average Bonchev–Trinajstić information content (AvgIpc) is 3.62. The van der Waals surface area contributed by atoms with Gasteiger partial charge in [0.25, 0.3) is 0 Å². The van der Waals surface area contributed by atoms with Gasteiger partial charge in [-0.05, 0) is 49.4 Å². The Kier molecular flexibility index (Phi) is 6.61. The van der Waals surface area contributed by atoms with Gasteiger partial charge in [0.2, 0.25) is 17.7 Å². The Bertz CT molecular complexity index is 1490. The summed E-state index contributed by atoms with van der Waals surface area (Å²) in [5.74, 6) is -3.00. The molecule has 41 heavy (non-hydrogen) atoms. The maximum Gasteiger partial charge on any atom is 0.247 e. The molecule has 4 heterocycles. The Morgan fingerprint density at radius 1 is 1.12 bits per heavy atom. The summed E-state index contributed by atoms with van der Waals surface area (Å²) in [7, 11) is 0. The van der Waals surface area contributed by atoms with Crippen molar-refractivity contribution >= 4 is 34.4 Å². The maximum atomic E-state index is 14.4. The highest BCUT2D eigenvalue weighted by molar-refractivity contribution is 6.02. The van der Waals surface area contributed by atoms with Crippen molar-refractivity contribution in [2.24, 2.45) is 23.7 Å². The minimum absolute atomic E-state index is 0.0365. The summed E-state index contributed by atoms with van der Waals surface area (Å²) in [6.07, 6.45) is 0.437. The van der Waals surface area contributed by atoms with Crippen LogP contribution in [0.15, 0.2) is 54.6 Å². The Morgan fingerprint density at radius 2 is 1.83 bits per heavy atom. The second-order valence-electron chi connectivity index (χ2n) is 12.1. The molecule has 216 valence electrons. The number of likely N-dealkylation sites (tertiary alicyclic amines) is 1. The molecule has 3 unspecified atom stereocenters. The molecule has 1 aromatic heterocycles. The number of carbonyl (C=O) groups excluding carboxylic acids is 3. The monoisotopic (exact) mass is 560 g/mol. The zero-order chi connectivity index (χ0) is 29.1. The first kappa shape index (κ1) is 27.3. The van der Waals surface area contributed by atoms with Crippen molar-refractivity contribution in [2.45, 2.75) is 64.1 Å². The third-order valence-electron chi connectivity index (χ3n) is 9.46. The lowest BCUT2D eigenvalue weighted by Crippen LogP contribution is -2.59. The number of amides is 3. The molecule has 6 rings (SSSR count). The van der Waals surface area contributed by atoms with Gasteiger partial charge in [0.05, 0.1) is 35.6 Å². The molecule has 3 saturated heterocycles. The lowest BCUT2D eigenvalue weighted by molar-refractivity contribution is -0.151. The number of rotatable bonds is 8. The Labute approximate surface area is 238 Å². The van der Waals surface area contributed by atoms with E-state index in [0.29, 0.717) is 17.6 Å². The van der Waals surface area contributed by atoms with Gasteiger partial charge in [0.1, 0.15) is 23.8 Å². The van der Waals surface area contributed by atoms with Crippen LogP contribution in [0.4, 0.5) is 5.69 Å². The van der Waals surface area contributed by atoms with Crippen LogP contribution in [0.5, 0.6) is 0 Å². The number of aromatic nitrogens is 3. The van der Waals surface area contributed by atoms with E-state index in [0.717, 1.165) is 5.52 Å². The molecule has 3 aliphatic heterocycles. The van der Waals surface area contributed by atoms with Gasteiger partial charge in [-0.25, -0.2) is 4.68 Å². The van der Waals surface area contributed by atoms with Crippen LogP contribution in [0.1, 0.15) is 34.1 Å². The molecule has 11 nitrogen and oxygen atoms in total. The number of nitrogens with zero attached hydrogens (tertiary/aromatic N) is 4. The first-order valence-electron chi connectivity index (χ1n) is 14.2. The van der Waals surface area contributed by atoms with E-state index in [1.54, 1.807) is 16.8 Å². The minimum Gasteiger partial charge on any atom is -0.394 e. The van der Waals surface area contributed by atoms with Crippen LogP contribution < -0.4 is 10.6 Å². The molecule has 3 amide bonds. The second kappa shape index (κ2) is 9.92. The lowest BCUT2D eigenvalue weighted by atomic mass is 9.62. The zero-order valence-corrected chi connectivity index (χ0v) is 23.7. The number of carbonyl (C=O) groups is 3. The van der Waals surface area contributed by atoms with Gasteiger partial charge < -0.3 is 25.4 Å². The van der Waals surface area contributed by atoms with E-state index in [-0.39, 0.29) is 36.9 Å². The predicted octanol–water partition coefficient (Wildman–Crippen LogP) is 2.17. The molecular weight excluding hydrogens is 524 g/mol. The third-order valence-corrected chi connectivity index (χ3v) is 9.46. The Balaban J connectivity index is 1.37. The normalized spacial score (nSPS) is 31.1. The van der Waals surface area contributed by atoms with E-state index in [2.05, 4.69) is 20.9 Å². The van der Waals surface area contributed by atoms with Crippen molar-refractivity contribution in [3.8, 4) is 0 Å². The van der Waals surface area contributed by atoms with Gasteiger partial charge >= 0.3 is 0 Å². The number of aliphatic hydroxyl groups excluding tert-OH is 1. The maximum absolute atomic E-state index is 14.4. The molecule has 1 spiro atoms. The summed E-state index contributed by atoms with van der Waals surface area (Å²) >= 11 is 0. The summed E-state index contributed by atoms with van der Waals surface area (Å²) < 4.78 is 8.36. The topological polar surface area (TPSA) is 139 Å². The number of benzene rings is 2. The fourth-order valence-corrected chi connectivity index (χ4v) is 7.38. The summed E-state index contributed by atoms with van der Waals surface area (Å²) in [6.45, 7) is 7.40. The fourth-order valence-electron chi connectivity index (χ4n) is 7.38. The largest absolute Gasteiger partial charge is 0.394 e. The number of para-hydroxylation sites is 2. The zero-order valence-electron chi connectivity index (χ0n) is 23.7. The van der Waals surface area contributed by atoms with E-state index in [9.17, 15) is 19.5 Å². The van der Waals surface area contributed by atoms with Gasteiger partial charge in [0, 0.05) is 5.69 Å². The van der Waals surface area contributed by atoms with Crippen LogP contribution in [0.2, 0.25) is 0 Å². The van der Waals surface area contributed by atoms with Crippen molar-refractivity contribution in [1.29, 1.82) is 0 Å². The fraction of sp³-hybridized carbons (Fsp3) is 0.500. The predicted molar refractivity (Wildman–Crippen MR) is 150 cm³/mol. The molecule has 2 bridgehead atoms. The standard InChI is InChI=1S/C30H36N6O5/c1-17(2)22(15-37)36-25(27(39)31-16-35-21-13-9-8-12-20(21)33-34-35)30-14-18(3)29(4,41-30)23(24(30)28(36)40)26(38)32-19-10-6-5-7-11-19/h5-13,17-18,22-25,37H,14-16H2,1-4H3,(H,31,39)(H,32,38)/t18?,22-,23+,24-,25?,29-,30?/m0/s1. The van der Waals surface area contributed by atoms with E-state index in [1.807, 2.05) is 70.2 Å². The number of hydrogen-bond donors (Lipinski definition) is 3. The van der Waals surface area contributed by atoms with Gasteiger partial charge in [-0.2, -0.15) is 0 Å². The molecule has 3 aromatic rings. The molecule has 0 radical (unpaired) electrons. The minimum atomic E-state index is -1.22. The highest BCUT2D eigenvalue weighted by Gasteiger charge is 2.80. The van der Waals surface area contributed by atoms with E-state index < -0.39 is 41.0 Å². The Morgan fingerprint density at radius 3 is 2.54 bits per heavy atom. The number of anilines is 1. The smallest absolute Gasteiger partial charge is 0.247 e. The highest BCUT2D eigenvalue weighted by atomic mass is 16.5. The highest BCUT2D eigenvalue weighted by Crippen LogP contribution is 2.65. The quantitative estimate of drug-likeness (QED) is 0.384.